The smallest absolute Gasteiger partial charge is 0.221 e. The number of ether oxygens (including phenoxy) is 1. The summed E-state index contributed by atoms with van der Waals surface area (Å²) in [6.07, 6.45) is 0. The number of rotatable bonds is 5. The molecule has 0 amide bonds. The number of nitrogens with one attached hydrogen (secondary N) is 1. The van der Waals surface area contributed by atoms with E-state index in [9.17, 15) is 0 Å². The van der Waals surface area contributed by atoms with Crippen LogP contribution >= 0.6 is 0 Å². The normalized spacial score (nSPS) is 10.7. The Hall–Kier alpha value is -2.03. The van der Waals surface area contributed by atoms with Crippen molar-refractivity contribution < 1.29 is 4.74 Å². The molecule has 0 atom stereocenters. The second-order valence-corrected chi connectivity index (χ2v) is 5.19. The van der Waals surface area contributed by atoms with Crippen molar-refractivity contribution in [1.29, 1.82) is 0 Å². The Morgan fingerprint density at radius 3 is 2.70 bits per heavy atom. The standard InChI is InChI=1S/C17H22N2O/c1-5-18-16-7-6-8-17(19-16)20-15-11-13(4)9-10-14(15)12(2)3/h6-12H,5H2,1-4H3,(H,18,19). The topological polar surface area (TPSA) is 34.1 Å². The van der Waals surface area contributed by atoms with E-state index in [1.807, 2.05) is 25.1 Å². The van der Waals surface area contributed by atoms with E-state index >= 15 is 0 Å². The van der Waals surface area contributed by atoms with Crippen LogP contribution in [0, 0.1) is 6.92 Å². The molecule has 20 heavy (non-hydrogen) atoms. The molecule has 1 aromatic heterocycles. The fraction of sp³-hybridized carbons (Fsp3) is 0.353. The van der Waals surface area contributed by atoms with Crippen molar-refractivity contribution in [3.05, 3.63) is 47.5 Å². The summed E-state index contributed by atoms with van der Waals surface area (Å²) < 4.78 is 5.99. The van der Waals surface area contributed by atoms with Gasteiger partial charge in [-0.15, -0.1) is 0 Å². The number of hydrogen-bond acceptors (Lipinski definition) is 3. The summed E-state index contributed by atoms with van der Waals surface area (Å²) in [7, 11) is 0. The van der Waals surface area contributed by atoms with Crippen molar-refractivity contribution in [3.63, 3.8) is 0 Å². The maximum Gasteiger partial charge on any atom is 0.221 e. The van der Waals surface area contributed by atoms with Gasteiger partial charge in [-0.05, 0) is 43.0 Å². The lowest BCUT2D eigenvalue weighted by molar-refractivity contribution is 0.454. The zero-order chi connectivity index (χ0) is 14.5. The maximum absolute atomic E-state index is 5.99. The molecule has 0 fully saturated rings. The van der Waals surface area contributed by atoms with Gasteiger partial charge in [0.05, 0.1) is 0 Å². The number of anilines is 1. The van der Waals surface area contributed by atoms with Crippen LogP contribution in [0.5, 0.6) is 11.6 Å². The minimum Gasteiger partial charge on any atom is -0.439 e. The van der Waals surface area contributed by atoms with Gasteiger partial charge in [0.25, 0.3) is 0 Å². The van der Waals surface area contributed by atoms with E-state index in [-0.39, 0.29) is 0 Å². The molecule has 2 aromatic rings. The third-order valence-corrected chi connectivity index (χ3v) is 3.09. The monoisotopic (exact) mass is 270 g/mol. The molecule has 3 heteroatoms. The molecule has 1 heterocycles. The first-order chi connectivity index (χ1) is 9.60. The summed E-state index contributed by atoms with van der Waals surface area (Å²) in [6, 6.07) is 12.1. The van der Waals surface area contributed by atoms with E-state index in [2.05, 4.69) is 49.3 Å². The largest absolute Gasteiger partial charge is 0.439 e. The first-order valence-corrected chi connectivity index (χ1v) is 7.09. The molecule has 0 spiro atoms. The first-order valence-electron chi connectivity index (χ1n) is 7.09. The van der Waals surface area contributed by atoms with Crippen LogP contribution in [0.4, 0.5) is 5.82 Å². The molecule has 0 radical (unpaired) electrons. The van der Waals surface area contributed by atoms with Crippen molar-refractivity contribution in [1.82, 2.24) is 4.98 Å². The predicted molar refractivity (Wildman–Crippen MR) is 83.7 cm³/mol. The van der Waals surface area contributed by atoms with Crippen molar-refractivity contribution in [3.8, 4) is 11.6 Å². The molecule has 0 aliphatic rings. The zero-order valence-electron chi connectivity index (χ0n) is 12.6. The van der Waals surface area contributed by atoms with E-state index in [1.54, 1.807) is 0 Å². The number of pyridine rings is 1. The molecule has 0 saturated heterocycles. The Morgan fingerprint density at radius 1 is 1.20 bits per heavy atom. The summed E-state index contributed by atoms with van der Waals surface area (Å²) in [4.78, 5) is 4.45. The molecule has 1 N–H and O–H groups in total. The molecule has 0 saturated carbocycles. The third kappa shape index (κ3) is 3.50. The van der Waals surface area contributed by atoms with Crippen molar-refractivity contribution >= 4 is 5.82 Å². The molecule has 0 bridgehead atoms. The highest BCUT2D eigenvalue weighted by atomic mass is 16.5. The highest BCUT2D eigenvalue weighted by molar-refractivity contribution is 5.43. The maximum atomic E-state index is 5.99. The number of hydrogen-bond donors (Lipinski definition) is 1. The van der Waals surface area contributed by atoms with E-state index < -0.39 is 0 Å². The van der Waals surface area contributed by atoms with Crippen LogP contribution in [-0.2, 0) is 0 Å². The summed E-state index contributed by atoms with van der Waals surface area (Å²) in [6.45, 7) is 9.30. The second-order valence-electron chi connectivity index (χ2n) is 5.19. The lowest BCUT2D eigenvalue weighted by Crippen LogP contribution is -2.00. The Morgan fingerprint density at radius 2 is 2.00 bits per heavy atom. The van der Waals surface area contributed by atoms with Crippen LogP contribution in [0.2, 0.25) is 0 Å². The number of benzene rings is 1. The second kappa shape index (κ2) is 6.42. The van der Waals surface area contributed by atoms with E-state index in [4.69, 9.17) is 4.74 Å². The summed E-state index contributed by atoms with van der Waals surface area (Å²) >= 11 is 0. The molecule has 0 aliphatic heterocycles. The molecular formula is C17H22N2O. The van der Waals surface area contributed by atoms with Gasteiger partial charge in [0, 0.05) is 12.6 Å². The highest BCUT2D eigenvalue weighted by Gasteiger charge is 2.10. The summed E-state index contributed by atoms with van der Waals surface area (Å²) in [5.41, 5.74) is 2.39. The number of nitrogens with zero attached hydrogens (tertiary/aromatic N) is 1. The first kappa shape index (κ1) is 14.4. The zero-order valence-corrected chi connectivity index (χ0v) is 12.6. The fourth-order valence-corrected chi connectivity index (χ4v) is 2.07. The van der Waals surface area contributed by atoms with Gasteiger partial charge in [0.1, 0.15) is 11.6 Å². The van der Waals surface area contributed by atoms with Crippen LogP contribution in [0.3, 0.4) is 0 Å². The van der Waals surface area contributed by atoms with E-state index in [1.165, 1.54) is 11.1 Å². The van der Waals surface area contributed by atoms with Gasteiger partial charge >= 0.3 is 0 Å². The molecule has 0 unspecified atom stereocenters. The van der Waals surface area contributed by atoms with Crippen LogP contribution in [0.1, 0.15) is 37.8 Å². The van der Waals surface area contributed by atoms with Crippen LogP contribution in [0.15, 0.2) is 36.4 Å². The lowest BCUT2D eigenvalue weighted by atomic mass is 10.0. The van der Waals surface area contributed by atoms with Crippen molar-refractivity contribution in [2.45, 2.75) is 33.6 Å². The fourth-order valence-electron chi connectivity index (χ4n) is 2.07. The molecule has 2 rings (SSSR count). The minimum atomic E-state index is 0.419. The van der Waals surface area contributed by atoms with Gasteiger partial charge in [-0.25, -0.2) is 0 Å². The molecule has 3 nitrogen and oxygen atoms in total. The van der Waals surface area contributed by atoms with Crippen molar-refractivity contribution in [2.75, 3.05) is 11.9 Å². The van der Waals surface area contributed by atoms with Gasteiger partial charge in [-0.2, -0.15) is 4.98 Å². The van der Waals surface area contributed by atoms with Gasteiger partial charge in [-0.3, -0.25) is 0 Å². The van der Waals surface area contributed by atoms with Crippen molar-refractivity contribution in [2.24, 2.45) is 0 Å². The summed E-state index contributed by atoms with van der Waals surface area (Å²) in [5, 5.41) is 3.19. The Bertz CT molecular complexity index is 579. The molecular weight excluding hydrogens is 248 g/mol. The van der Waals surface area contributed by atoms with E-state index in [0.717, 1.165) is 18.1 Å². The van der Waals surface area contributed by atoms with Gasteiger partial charge < -0.3 is 10.1 Å². The molecule has 1 aromatic carbocycles. The van der Waals surface area contributed by atoms with Crippen LogP contribution in [-0.4, -0.2) is 11.5 Å². The lowest BCUT2D eigenvalue weighted by Gasteiger charge is -2.14. The van der Waals surface area contributed by atoms with Gasteiger partial charge in [0.2, 0.25) is 5.88 Å². The highest BCUT2D eigenvalue weighted by Crippen LogP contribution is 2.31. The minimum absolute atomic E-state index is 0.419. The Balaban J connectivity index is 2.29. The number of aryl methyl sites for hydroxylation is 1. The van der Waals surface area contributed by atoms with E-state index in [0.29, 0.717) is 11.8 Å². The summed E-state index contributed by atoms with van der Waals surface area (Å²) in [5.74, 6) is 2.77. The quantitative estimate of drug-likeness (QED) is 0.852. The average Bonchev–Trinajstić information content (AvgIpc) is 2.39. The van der Waals surface area contributed by atoms with Crippen LogP contribution < -0.4 is 10.1 Å². The Labute approximate surface area is 121 Å². The van der Waals surface area contributed by atoms with Gasteiger partial charge in [0.15, 0.2) is 0 Å². The SMILES string of the molecule is CCNc1cccc(Oc2cc(C)ccc2C(C)C)n1. The third-order valence-electron chi connectivity index (χ3n) is 3.09. The molecule has 0 aliphatic carbocycles. The van der Waals surface area contributed by atoms with Crippen LogP contribution in [0.25, 0.3) is 0 Å². The average molecular weight is 270 g/mol. The molecule has 106 valence electrons. The Kier molecular flexibility index (Phi) is 4.61. The predicted octanol–water partition coefficient (Wildman–Crippen LogP) is 4.74. The number of aromatic nitrogens is 1. The van der Waals surface area contributed by atoms with Gasteiger partial charge in [-0.1, -0.05) is 32.0 Å².